The van der Waals surface area contributed by atoms with Gasteiger partial charge < -0.3 is 15.4 Å². The van der Waals surface area contributed by atoms with E-state index in [-0.39, 0.29) is 29.1 Å². The molecule has 0 amide bonds. The van der Waals surface area contributed by atoms with Crippen LogP contribution in [0.5, 0.6) is 5.75 Å². The van der Waals surface area contributed by atoms with Gasteiger partial charge in [0.2, 0.25) is 0 Å². The summed E-state index contributed by atoms with van der Waals surface area (Å²) in [5.74, 6) is 1.10. The molecule has 0 spiro atoms. The molecule has 0 aromatic heterocycles. The first-order chi connectivity index (χ1) is 20.5. The lowest BCUT2D eigenvalue weighted by Gasteiger charge is -2.33. The predicted molar refractivity (Wildman–Crippen MR) is 166 cm³/mol. The molecule has 1 aliphatic rings. The third kappa shape index (κ3) is 6.59. The number of ether oxygens (including phenoxy) is 1. The van der Waals surface area contributed by atoms with Crippen molar-refractivity contribution >= 4 is 43.8 Å². The van der Waals surface area contributed by atoms with Crippen molar-refractivity contribution in [3.8, 4) is 5.75 Å². The second kappa shape index (κ2) is 12.1. The van der Waals surface area contributed by atoms with Crippen molar-refractivity contribution in [3.05, 3.63) is 106 Å². The molecule has 11 nitrogen and oxygen atoms in total. The zero-order valence-corrected chi connectivity index (χ0v) is 24.4. The molecule has 1 aliphatic heterocycles. The fourth-order valence-corrected chi connectivity index (χ4v) is 6.56. The average molecular weight is 601 g/mol. The molecule has 0 unspecified atom stereocenters. The largest absolute Gasteiger partial charge is 0.490 e. The van der Waals surface area contributed by atoms with Gasteiger partial charge >= 0.3 is 0 Å². The Bertz CT molecular complexity index is 1780. The molecule has 4 aromatic rings. The van der Waals surface area contributed by atoms with Crippen LogP contribution in [0.2, 0.25) is 0 Å². The number of piperidine rings is 1. The molecular formula is C31H32N6O5S. The van der Waals surface area contributed by atoms with Gasteiger partial charge in [-0.3, -0.25) is 25.2 Å². The molecule has 0 saturated carbocycles. The number of fused-ring (bicyclic) bond motifs is 1. The Morgan fingerprint density at radius 1 is 0.977 bits per heavy atom. The van der Waals surface area contributed by atoms with Crippen LogP contribution >= 0.6 is 0 Å². The number of anilines is 1. The van der Waals surface area contributed by atoms with Crippen LogP contribution in [0.4, 0.5) is 11.4 Å². The van der Waals surface area contributed by atoms with Crippen molar-refractivity contribution in [2.24, 2.45) is 5.73 Å². The molecule has 222 valence electrons. The Morgan fingerprint density at radius 2 is 1.63 bits per heavy atom. The maximum atomic E-state index is 14.0. The normalized spacial score (nSPS) is 13.9. The van der Waals surface area contributed by atoms with Crippen LogP contribution in [-0.2, 0) is 16.6 Å². The van der Waals surface area contributed by atoms with Crippen LogP contribution in [0.3, 0.4) is 0 Å². The summed E-state index contributed by atoms with van der Waals surface area (Å²) < 4.78 is 35.4. The maximum absolute atomic E-state index is 14.0. The van der Waals surface area contributed by atoms with E-state index in [1.165, 1.54) is 28.6 Å². The van der Waals surface area contributed by atoms with Gasteiger partial charge in [0.1, 0.15) is 17.7 Å². The number of benzene rings is 4. The number of nitrogen functional groups attached to an aromatic ring is 1. The summed E-state index contributed by atoms with van der Waals surface area (Å²) in [7, 11) is -4.13. The SMILES string of the molecule is CC(=N)N1CCC(Oc2ccc(N(Cc3ccc4ccc(C(=N)N)cc4c3)S(=O)(=O)c3ccc([N+](=O)[O-])cc3)cc2)CC1. The fourth-order valence-electron chi connectivity index (χ4n) is 5.10. The molecule has 0 radical (unpaired) electrons. The number of hydrogen-bond donors (Lipinski definition) is 3. The number of amidine groups is 2. The number of likely N-dealkylation sites (tertiary alicyclic amines) is 1. The average Bonchev–Trinajstić information content (AvgIpc) is 3.00. The molecule has 12 heteroatoms. The summed E-state index contributed by atoms with van der Waals surface area (Å²) in [6.45, 7) is 3.26. The van der Waals surface area contributed by atoms with E-state index < -0.39 is 14.9 Å². The van der Waals surface area contributed by atoms with E-state index in [9.17, 15) is 18.5 Å². The Kier molecular flexibility index (Phi) is 8.31. The van der Waals surface area contributed by atoms with Crippen LogP contribution in [0.1, 0.15) is 30.9 Å². The van der Waals surface area contributed by atoms with E-state index in [0.29, 0.717) is 28.4 Å². The van der Waals surface area contributed by atoms with Crippen LogP contribution in [0.25, 0.3) is 10.8 Å². The van der Waals surface area contributed by atoms with Gasteiger partial charge in [-0.2, -0.15) is 0 Å². The van der Waals surface area contributed by atoms with E-state index in [0.717, 1.165) is 36.7 Å². The molecular weight excluding hydrogens is 568 g/mol. The third-order valence-electron chi connectivity index (χ3n) is 7.52. The van der Waals surface area contributed by atoms with E-state index in [1.54, 1.807) is 43.3 Å². The fraction of sp³-hybridized carbons (Fsp3) is 0.226. The first kappa shape index (κ1) is 29.5. The Morgan fingerprint density at radius 3 is 2.23 bits per heavy atom. The molecule has 0 atom stereocenters. The lowest BCUT2D eigenvalue weighted by atomic mass is 10.0. The first-order valence-corrected chi connectivity index (χ1v) is 15.2. The second-order valence-electron chi connectivity index (χ2n) is 10.5. The zero-order chi connectivity index (χ0) is 30.7. The van der Waals surface area contributed by atoms with Gasteiger partial charge in [0, 0.05) is 43.6 Å². The van der Waals surface area contributed by atoms with Crippen molar-refractivity contribution in [2.45, 2.75) is 37.3 Å². The van der Waals surface area contributed by atoms with E-state index in [4.69, 9.17) is 21.3 Å². The molecule has 0 aliphatic carbocycles. The molecule has 0 bridgehead atoms. The summed E-state index contributed by atoms with van der Waals surface area (Å²) in [6, 6.07) is 22.7. The highest BCUT2D eigenvalue weighted by Crippen LogP contribution is 2.30. The topological polar surface area (TPSA) is 167 Å². The third-order valence-corrected chi connectivity index (χ3v) is 9.31. The van der Waals surface area contributed by atoms with Gasteiger partial charge in [0.15, 0.2) is 0 Å². The summed E-state index contributed by atoms with van der Waals surface area (Å²) in [4.78, 5) is 12.5. The number of nitrogens with two attached hydrogens (primary N) is 1. The number of nitro benzene ring substituents is 1. The Labute approximate surface area is 249 Å². The number of nitrogens with zero attached hydrogens (tertiary/aromatic N) is 3. The smallest absolute Gasteiger partial charge is 0.269 e. The minimum atomic E-state index is -4.13. The number of rotatable bonds is 9. The van der Waals surface area contributed by atoms with Crippen LogP contribution in [-0.4, -0.2) is 49.1 Å². The van der Waals surface area contributed by atoms with E-state index in [2.05, 4.69) is 0 Å². The highest BCUT2D eigenvalue weighted by atomic mass is 32.2. The van der Waals surface area contributed by atoms with Gasteiger partial charge in [0.25, 0.3) is 15.7 Å². The summed E-state index contributed by atoms with van der Waals surface area (Å²) in [5.41, 5.74) is 7.13. The molecule has 43 heavy (non-hydrogen) atoms. The van der Waals surface area contributed by atoms with Gasteiger partial charge in [-0.25, -0.2) is 8.42 Å². The second-order valence-corrected chi connectivity index (χ2v) is 12.3. The molecule has 5 rings (SSSR count). The Hall–Kier alpha value is -4.97. The highest BCUT2D eigenvalue weighted by Gasteiger charge is 2.27. The van der Waals surface area contributed by atoms with Crippen LogP contribution < -0.4 is 14.8 Å². The van der Waals surface area contributed by atoms with Gasteiger partial charge in [-0.1, -0.05) is 24.3 Å². The van der Waals surface area contributed by atoms with Crippen molar-refractivity contribution in [1.29, 1.82) is 10.8 Å². The molecule has 4 N–H and O–H groups in total. The first-order valence-electron chi connectivity index (χ1n) is 13.7. The lowest BCUT2D eigenvalue weighted by molar-refractivity contribution is -0.384. The molecule has 1 heterocycles. The lowest BCUT2D eigenvalue weighted by Crippen LogP contribution is -2.40. The van der Waals surface area contributed by atoms with Crippen LogP contribution in [0.15, 0.2) is 89.8 Å². The molecule has 1 fully saturated rings. The van der Waals surface area contributed by atoms with Crippen molar-refractivity contribution in [3.63, 3.8) is 0 Å². The number of hydrogen-bond acceptors (Lipinski definition) is 7. The minimum absolute atomic E-state index is 0.00103. The number of non-ortho nitro benzene ring substituents is 1. The summed E-state index contributed by atoms with van der Waals surface area (Å²) in [5, 5.41) is 28.5. The van der Waals surface area contributed by atoms with Gasteiger partial charge in [-0.05, 0) is 71.8 Å². The zero-order valence-electron chi connectivity index (χ0n) is 23.6. The van der Waals surface area contributed by atoms with Crippen molar-refractivity contribution in [2.75, 3.05) is 17.4 Å². The van der Waals surface area contributed by atoms with E-state index >= 15 is 0 Å². The quantitative estimate of drug-likeness (QED) is 0.102. The summed E-state index contributed by atoms with van der Waals surface area (Å²) >= 11 is 0. The monoisotopic (exact) mass is 600 g/mol. The minimum Gasteiger partial charge on any atom is -0.490 e. The molecule has 1 saturated heterocycles. The summed E-state index contributed by atoms with van der Waals surface area (Å²) in [6.07, 6.45) is 1.57. The number of nitro groups is 1. The van der Waals surface area contributed by atoms with E-state index in [1.807, 2.05) is 29.2 Å². The van der Waals surface area contributed by atoms with Crippen molar-refractivity contribution in [1.82, 2.24) is 4.90 Å². The number of sulfonamides is 1. The number of nitrogens with one attached hydrogen (secondary N) is 2. The maximum Gasteiger partial charge on any atom is 0.269 e. The predicted octanol–water partition coefficient (Wildman–Crippen LogP) is 5.27. The van der Waals surface area contributed by atoms with Gasteiger partial charge in [0.05, 0.1) is 27.9 Å². The Balaban J connectivity index is 1.45. The standard InChI is InChI=1S/C31H32N6O5S/c1-21(32)35-16-14-29(15-17-35)42-28-10-6-26(7-11-28)36(43(40,41)30-12-8-27(9-13-30)37(38)39)20-22-2-3-23-4-5-24(31(33)34)19-25(23)18-22/h2-13,18-19,29,32H,14-17,20H2,1H3,(H3,33,34). The van der Waals surface area contributed by atoms with Crippen LogP contribution in [0, 0.1) is 20.9 Å². The highest BCUT2D eigenvalue weighted by molar-refractivity contribution is 7.92. The van der Waals surface area contributed by atoms with Gasteiger partial charge in [-0.15, -0.1) is 0 Å². The van der Waals surface area contributed by atoms with Crippen molar-refractivity contribution < 1.29 is 18.1 Å². The molecule has 4 aromatic carbocycles.